The van der Waals surface area contributed by atoms with Gasteiger partial charge in [0, 0.05) is 128 Å². The van der Waals surface area contributed by atoms with Crippen molar-refractivity contribution in [3.8, 4) is 17.2 Å². The summed E-state index contributed by atoms with van der Waals surface area (Å²) in [5.41, 5.74) is 18.7. The number of nitro groups is 3. The van der Waals surface area contributed by atoms with E-state index in [1.807, 2.05) is 48.5 Å². The smallest absolute Gasteiger partial charge is 0.405 e. The molecule has 137 heavy (non-hydrogen) atoms. The van der Waals surface area contributed by atoms with Gasteiger partial charge in [0.25, 0.3) is 0 Å². The molecule has 1 atom stereocenters. The molecular weight excluding hydrogens is 1840 g/mol. The number of nitrogen functional groups attached to an aromatic ring is 1. The summed E-state index contributed by atoms with van der Waals surface area (Å²) < 4.78 is 166. The highest BCUT2D eigenvalue weighted by atomic mass is 32.2. The lowest BCUT2D eigenvalue weighted by Crippen LogP contribution is -2.38. The van der Waals surface area contributed by atoms with Crippen LogP contribution in [0.5, 0.6) is 17.2 Å². The van der Waals surface area contributed by atoms with E-state index >= 15 is 0 Å². The molecule has 1 unspecified atom stereocenters. The number of para-hydroxylation sites is 4. The fourth-order valence-electron chi connectivity index (χ4n) is 17.1. The Balaban J connectivity index is 0.000000164. The van der Waals surface area contributed by atoms with Crippen LogP contribution in [0.4, 0.5) is 122 Å². The Hall–Kier alpha value is -12.5. The van der Waals surface area contributed by atoms with Gasteiger partial charge in [0.15, 0.2) is 0 Å². The van der Waals surface area contributed by atoms with Gasteiger partial charge in [-0.15, -0.1) is 39.5 Å². The number of anilines is 9. The Kier molecular flexibility index (Phi) is 37.0. The van der Waals surface area contributed by atoms with E-state index in [4.69, 9.17) is 17.2 Å². The number of nitrogens with zero attached hydrogens (tertiary/aromatic N) is 13. The second kappa shape index (κ2) is 49.0. The molecule has 15 N–H and O–H groups in total. The van der Waals surface area contributed by atoms with Crippen molar-refractivity contribution in [2.45, 2.75) is 214 Å². The molecule has 740 valence electrons. The summed E-state index contributed by atoms with van der Waals surface area (Å²) in [6.07, 6.45) is 3.55. The second-order valence-electron chi connectivity index (χ2n) is 34.3. The summed E-state index contributed by atoms with van der Waals surface area (Å²) in [6, 6.07) is 34.0. The predicted molar refractivity (Wildman–Crippen MR) is 492 cm³/mol. The zero-order chi connectivity index (χ0) is 97.8. The first kappa shape index (κ1) is 103. The lowest BCUT2D eigenvalue weighted by atomic mass is 9.85. The fraction of sp³-hybridized carbons (Fsp3) is 0.489. The van der Waals surface area contributed by atoms with Crippen molar-refractivity contribution in [3.05, 3.63) is 204 Å². The largest absolute Gasteiger partial charge is 0.573 e. The number of halogens is 12. The molecule has 4 aromatic heterocycles. The first-order valence-electron chi connectivity index (χ1n) is 45.1. The number of aromatic nitrogens is 8. The molecule has 15 rings (SSSR count). The maximum Gasteiger partial charge on any atom is 0.573 e. The van der Waals surface area contributed by atoms with Crippen LogP contribution >= 0.6 is 11.8 Å². The summed E-state index contributed by atoms with van der Waals surface area (Å²) in [6.45, 7) is 6.17. The molecular formula is C90H110F12N24O10S. The highest BCUT2D eigenvalue weighted by Gasteiger charge is 2.39. The first-order valence-corrected chi connectivity index (χ1v) is 46.0. The molecule has 0 radical (unpaired) electrons. The Morgan fingerprint density at radius 1 is 0.387 bits per heavy atom. The topological polar surface area (TPSA) is 461 Å². The van der Waals surface area contributed by atoms with E-state index in [2.05, 4.69) is 106 Å². The zero-order valence-electron chi connectivity index (χ0n) is 74.6. The van der Waals surface area contributed by atoms with Gasteiger partial charge in [0.1, 0.15) is 47.2 Å². The van der Waals surface area contributed by atoms with Gasteiger partial charge in [-0.25, -0.2) is 19.9 Å². The number of hydrogen-bond donors (Lipinski definition) is 12. The molecule has 0 spiro atoms. The second-order valence-corrected chi connectivity index (χ2v) is 35.3. The van der Waals surface area contributed by atoms with Crippen molar-refractivity contribution >= 4 is 81.6 Å². The van der Waals surface area contributed by atoms with E-state index in [9.17, 15) is 88.1 Å². The molecule has 4 aliphatic carbocycles. The molecule has 5 aromatic carbocycles. The molecule has 6 heterocycles. The van der Waals surface area contributed by atoms with Gasteiger partial charge in [-0.05, 0) is 201 Å². The first-order chi connectivity index (χ1) is 65.5. The number of aliphatic hydroxyl groups excluding tert-OH is 1. The van der Waals surface area contributed by atoms with Crippen molar-refractivity contribution in [3.63, 3.8) is 0 Å². The van der Waals surface area contributed by atoms with Crippen LogP contribution in [-0.4, -0.2) is 171 Å². The minimum absolute atomic E-state index is 0.0428. The normalized spacial score (nSPS) is 20.3. The van der Waals surface area contributed by atoms with Crippen molar-refractivity contribution < 1.29 is 86.8 Å². The summed E-state index contributed by atoms with van der Waals surface area (Å²) in [5.74, 6) is 0.496. The van der Waals surface area contributed by atoms with Gasteiger partial charge < -0.3 is 84.0 Å². The van der Waals surface area contributed by atoms with Crippen LogP contribution in [0.3, 0.4) is 0 Å². The van der Waals surface area contributed by atoms with Gasteiger partial charge >= 0.3 is 42.3 Å². The summed E-state index contributed by atoms with van der Waals surface area (Å²) in [4.78, 5) is 72.3. The lowest BCUT2D eigenvalue weighted by molar-refractivity contribution is -0.384. The Bertz CT molecular complexity index is 5400. The van der Waals surface area contributed by atoms with Crippen molar-refractivity contribution in [2.75, 3.05) is 101 Å². The molecule has 0 bridgehead atoms. The monoisotopic (exact) mass is 1950 g/mol. The predicted octanol–water partition coefficient (Wildman–Crippen LogP) is 18.5. The SMILES string of the molecule is NC1CCC(CNc2nc(NCc3ccccc3OC(F)(F)F)ncc2C(F)(F)F)CC1.Nc1ccccc1Sc1ccccc1CNc1ncc([N+](=O)[O-])c(NCC2CCC(N)CC2)n1.O=[N+]([O-])c1cnc(NCc2ccccc2OC(F)(F)F)nc1NCC1CCC(N2CCC(O)C2)CC1.O=[N+]([O-])c1cnc(NCc2ccccc2OC(F)(F)F)nc1NCC1CCC(N2CCCC2)CC1. The molecule has 34 nitrogen and oxygen atoms in total. The van der Waals surface area contributed by atoms with Gasteiger partial charge in [-0.3, -0.25) is 35.2 Å². The highest BCUT2D eigenvalue weighted by molar-refractivity contribution is 7.99. The number of nitrogens with one attached hydrogen (secondary N) is 8. The number of likely N-dealkylation sites (tertiary alicyclic amines) is 2. The molecule has 47 heteroatoms. The van der Waals surface area contributed by atoms with Gasteiger partial charge in [0.2, 0.25) is 41.2 Å². The van der Waals surface area contributed by atoms with Crippen molar-refractivity contribution in [2.24, 2.45) is 35.1 Å². The number of β-amino-alcohol motifs (C(OH)–C–C–N with tert-alkyl or cyclic N) is 1. The van der Waals surface area contributed by atoms with Crippen LogP contribution in [0.1, 0.15) is 150 Å². The molecule has 6 fully saturated rings. The van der Waals surface area contributed by atoms with Crippen LogP contribution in [0.15, 0.2) is 156 Å². The summed E-state index contributed by atoms with van der Waals surface area (Å²) >= 11 is 1.59. The van der Waals surface area contributed by atoms with E-state index in [-0.39, 0.29) is 130 Å². The molecule has 6 aliphatic rings. The van der Waals surface area contributed by atoms with Crippen molar-refractivity contribution in [1.29, 1.82) is 0 Å². The molecule has 2 saturated heterocycles. The standard InChI is InChI=1S/C24H29N7O2S.C23H29F3N6O4.C23H29F3N6O3.C20H23F6N5O/c25-18-11-9-16(10-12-18)13-27-23-20(31(32)33)15-29-24(30-23)28-14-17-5-1-3-7-21(17)34-22-8-4-2-6-19(22)26;24-23(25,26)36-20-4-2-1-3-16(20)12-28-22-29-13-19(32(34)35)21(30-22)27-11-15-5-7-17(8-6-15)31-10-9-18(33)14-31;24-23(25,26)35-20-6-2-1-5-17(20)14-28-22-29-15-19(32(33)34)21(30-22)27-13-16-7-9-18(10-8-16)31-11-3-4-12-31;21-19(22,23)15-11-30-18(31-17(15)28-9-12-5-7-14(27)8-6-12)29-10-13-3-1-2-4-16(13)32-20(24,25)26/h1-8,15-16,18H,9-14,25-26H2,(H2,27,28,29,30);1-4,13,15,17-18,33H,5-12,14H2,(H2,27,28,29,30);1-2,5-6,15-16,18H,3-4,7-14H2,(H2,27,28,29,30);1-4,11-12,14H,5-10,27H2,(H2,28,29,30,31). The van der Waals surface area contributed by atoms with Crippen LogP contribution < -0.4 is 73.9 Å². The number of nitrogens with two attached hydrogens (primary N) is 3. The maximum atomic E-state index is 13.4. The number of rotatable bonds is 34. The van der Waals surface area contributed by atoms with E-state index in [1.165, 1.54) is 86.7 Å². The minimum atomic E-state index is -4.87. The number of benzene rings is 5. The van der Waals surface area contributed by atoms with E-state index in [1.54, 1.807) is 23.9 Å². The van der Waals surface area contributed by atoms with Gasteiger partial charge in [-0.2, -0.15) is 33.1 Å². The Morgan fingerprint density at radius 2 is 0.701 bits per heavy atom. The summed E-state index contributed by atoms with van der Waals surface area (Å²) in [5, 5.41) is 67.8. The zero-order valence-corrected chi connectivity index (χ0v) is 75.4. The van der Waals surface area contributed by atoms with E-state index in [0.717, 1.165) is 162 Å². The molecule has 2 aliphatic heterocycles. The third-order valence-corrected chi connectivity index (χ3v) is 25.7. The number of ether oxygens (including phenoxy) is 3. The van der Waals surface area contributed by atoms with E-state index in [0.29, 0.717) is 74.7 Å². The Morgan fingerprint density at radius 3 is 1.05 bits per heavy atom. The van der Waals surface area contributed by atoms with Crippen molar-refractivity contribution in [1.82, 2.24) is 49.7 Å². The van der Waals surface area contributed by atoms with Gasteiger partial charge in [0.05, 0.1) is 20.9 Å². The van der Waals surface area contributed by atoms with Crippen LogP contribution in [0.2, 0.25) is 0 Å². The minimum Gasteiger partial charge on any atom is -0.405 e. The summed E-state index contributed by atoms with van der Waals surface area (Å²) in [7, 11) is 0. The van der Waals surface area contributed by atoms with Gasteiger partial charge in [-0.1, -0.05) is 96.7 Å². The van der Waals surface area contributed by atoms with Crippen LogP contribution in [-0.2, 0) is 32.4 Å². The number of aliphatic hydroxyl groups is 1. The maximum absolute atomic E-state index is 13.4. The third kappa shape index (κ3) is 32.9. The molecule has 0 amide bonds. The number of hydrogen-bond acceptors (Lipinski definition) is 32. The fourth-order valence-corrected chi connectivity index (χ4v) is 18.1. The van der Waals surface area contributed by atoms with Crippen LogP contribution in [0.25, 0.3) is 0 Å². The quantitative estimate of drug-likeness (QED) is 0.00771. The number of alkyl halides is 12. The average molecular weight is 1950 g/mol. The van der Waals surface area contributed by atoms with E-state index < -0.39 is 51.3 Å². The van der Waals surface area contributed by atoms with Crippen LogP contribution in [0, 0.1) is 54.0 Å². The third-order valence-electron chi connectivity index (χ3n) is 24.5. The molecule has 9 aromatic rings. The lowest BCUT2D eigenvalue weighted by Gasteiger charge is -2.34. The average Bonchev–Trinajstić information content (AvgIpc) is 1.16. The Labute approximate surface area is 785 Å². The molecule has 4 saturated carbocycles. The highest BCUT2D eigenvalue weighted by Crippen LogP contribution is 2.41.